The smallest absolute Gasteiger partial charge is 0.290 e. The fraction of sp³-hybridized carbons (Fsp3) is 0.333. The van der Waals surface area contributed by atoms with E-state index in [1.807, 2.05) is 0 Å². The van der Waals surface area contributed by atoms with Gasteiger partial charge in [0.1, 0.15) is 0 Å². The van der Waals surface area contributed by atoms with Crippen LogP contribution in [0.1, 0.15) is 11.1 Å². The molecule has 0 aliphatic heterocycles. The molecule has 90 valence electrons. The number of rotatable bonds is 5. The second kappa shape index (κ2) is 6.01. The van der Waals surface area contributed by atoms with Gasteiger partial charge in [0.15, 0.2) is 5.56 Å². The Morgan fingerprint density at radius 3 is 2.31 bits per heavy atom. The van der Waals surface area contributed by atoms with E-state index in [1.165, 1.54) is 14.2 Å². The number of phosphoric acid groups is 1. The molecule has 4 nitrogen and oxygen atoms in total. The van der Waals surface area contributed by atoms with Crippen LogP contribution in [0.25, 0.3) is 0 Å². The zero-order valence-corrected chi connectivity index (χ0v) is 11.1. The summed E-state index contributed by atoms with van der Waals surface area (Å²) in [6, 6.07) is 6.81. The minimum Gasteiger partial charge on any atom is -0.290 e. The van der Waals surface area contributed by atoms with Gasteiger partial charge >= 0.3 is 7.82 Å². The second-order valence-corrected chi connectivity index (χ2v) is 5.39. The van der Waals surface area contributed by atoms with Crippen molar-refractivity contribution in [1.82, 2.24) is 0 Å². The summed E-state index contributed by atoms with van der Waals surface area (Å²) in [4.78, 5) is 0. The Morgan fingerprint density at radius 1 is 1.25 bits per heavy atom. The summed E-state index contributed by atoms with van der Waals surface area (Å²) in [5.74, 6) is 0. The molecular weight excluding hydrogens is 274 g/mol. The highest BCUT2D eigenvalue weighted by molar-refractivity contribution is 7.48. The number of benzene rings is 1. The van der Waals surface area contributed by atoms with E-state index in [1.54, 1.807) is 24.3 Å². The number of alkyl halides is 1. The molecule has 0 amide bonds. The first-order chi connectivity index (χ1) is 7.52. The molecule has 0 fully saturated rings. The third-order valence-corrected chi connectivity index (χ3v) is 3.97. The lowest BCUT2D eigenvalue weighted by atomic mass is 10.2. The molecule has 1 atom stereocenters. The van der Waals surface area contributed by atoms with Gasteiger partial charge in [0.05, 0.1) is 0 Å². The lowest BCUT2D eigenvalue weighted by Crippen LogP contribution is -1.99. The maximum Gasteiger partial charge on any atom is 0.476 e. The van der Waals surface area contributed by atoms with Crippen molar-refractivity contribution in [2.24, 2.45) is 0 Å². The van der Waals surface area contributed by atoms with Crippen LogP contribution < -0.4 is 0 Å². The molecule has 1 unspecified atom stereocenters. The maximum atomic E-state index is 11.7. The van der Waals surface area contributed by atoms with Crippen LogP contribution in [0.3, 0.4) is 0 Å². The highest BCUT2D eigenvalue weighted by atomic mass is 35.5. The molecule has 0 aromatic heterocycles. The number of hydrogen-bond acceptors (Lipinski definition) is 4. The van der Waals surface area contributed by atoms with Crippen LogP contribution in [-0.4, -0.2) is 14.2 Å². The average Bonchev–Trinajstić information content (AvgIpc) is 2.29. The Kier molecular flexibility index (Phi) is 5.25. The summed E-state index contributed by atoms with van der Waals surface area (Å²) in [5.41, 5.74) is -0.500. The van der Waals surface area contributed by atoms with Gasteiger partial charge in [-0.25, -0.2) is 4.57 Å². The van der Waals surface area contributed by atoms with Crippen LogP contribution in [0.2, 0.25) is 5.02 Å². The van der Waals surface area contributed by atoms with Gasteiger partial charge < -0.3 is 0 Å². The van der Waals surface area contributed by atoms with Gasteiger partial charge in [-0.05, 0) is 6.07 Å². The normalized spacial score (nSPS) is 13.8. The molecule has 7 heteroatoms. The van der Waals surface area contributed by atoms with Crippen LogP contribution >= 0.6 is 31.0 Å². The summed E-state index contributed by atoms with van der Waals surface area (Å²) < 4.78 is 25.9. The number of phosphoric ester groups is 1. The molecule has 0 bridgehead atoms. The van der Waals surface area contributed by atoms with Crippen molar-refractivity contribution in [2.75, 3.05) is 14.2 Å². The van der Waals surface area contributed by atoms with Crippen molar-refractivity contribution in [3.8, 4) is 0 Å². The summed E-state index contributed by atoms with van der Waals surface area (Å²) in [6.07, 6.45) is 0. The predicted molar refractivity (Wildman–Crippen MR) is 62.8 cm³/mol. The fourth-order valence-corrected chi connectivity index (χ4v) is 2.43. The summed E-state index contributed by atoms with van der Waals surface area (Å²) >= 11 is 11.8. The summed E-state index contributed by atoms with van der Waals surface area (Å²) in [6.45, 7) is 0. The van der Waals surface area contributed by atoms with Gasteiger partial charge in [-0.15, -0.1) is 0 Å². The minimum absolute atomic E-state index is 0.418. The van der Waals surface area contributed by atoms with E-state index in [0.717, 1.165) is 0 Å². The van der Waals surface area contributed by atoms with E-state index in [-0.39, 0.29) is 0 Å². The first kappa shape index (κ1) is 14.0. The zero-order chi connectivity index (χ0) is 12.2. The van der Waals surface area contributed by atoms with Crippen molar-refractivity contribution in [3.05, 3.63) is 34.9 Å². The first-order valence-electron chi connectivity index (χ1n) is 4.31. The van der Waals surface area contributed by atoms with Gasteiger partial charge in [-0.3, -0.25) is 13.6 Å². The Bertz CT molecular complexity index is 391. The fourth-order valence-electron chi connectivity index (χ4n) is 0.990. The molecule has 0 spiro atoms. The highest BCUT2D eigenvalue weighted by Crippen LogP contribution is 2.53. The topological polar surface area (TPSA) is 44.8 Å². The lowest BCUT2D eigenvalue weighted by Gasteiger charge is -2.18. The summed E-state index contributed by atoms with van der Waals surface area (Å²) in [5, 5.41) is 0.418. The van der Waals surface area contributed by atoms with E-state index in [4.69, 9.17) is 27.7 Å². The zero-order valence-electron chi connectivity index (χ0n) is 8.72. The second-order valence-electron chi connectivity index (χ2n) is 2.76. The highest BCUT2D eigenvalue weighted by Gasteiger charge is 2.28. The quantitative estimate of drug-likeness (QED) is 0.606. The molecule has 0 heterocycles. The molecule has 0 saturated heterocycles. The Labute approximate surface area is 104 Å². The van der Waals surface area contributed by atoms with Crippen LogP contribution in [0.5, 0.6) is 0 Å². The van der Waals surface area contributed by atoms with Crippen molar-refractivity contribution in [1.29, 1.82) is 0 Å². The molecule has 0 aliphatic rings. The van der Waals surface area contributed by atoms with Gasteiger partial charge in [0, 0.05) is 24.8 Å². The molecule has 1 aromatic carbocycles. The van der Waals surface area contributed by atoms with Crippen molar-refractivity contribution >= 4 is 31.0 Å². The number of halogens is 2. The van der Waals surface area contributed by atoms with Crippen molar-refractivity contribution in [3.63, 3.8) is 0 Å². The van der Waals surface area contributed by atoms with Crippen molar-refractivity contribution in [2.45, 2.75) is 5.56 Å². The van der Waals surface area contributed by atoms with Crippen LogP contribution in [0, 0.1) is 0 Å². The Morgan fingerprint density at radius 2 is 1.81 bits per heavy atom. The van der Waals surface area contributed by atoms with Gasteiger partial charge in [0.2, 0.25) is 0 Å². The van der Waals surface area contributed by atoms with Gasteiger partial charge in [0.25, 0.3) is 0 Å². The molecule has 1 rings (SSSR count). The lowest BCUT2D eigenvalue weighted by molar-refractivity contribution is 0.139. The van der Waals surface area contributed by atoms with Gasteiger partial charge in [-0.1, -0.05) is 41.4 Å². The molecule has 0 aliphatic carbocycles. The molecule has 16 heavy (non-hydrogen) atoms. The standard InChI is InChI=1S/C9H11Cl2O4P/c1-13-16(12,14-2)15-9(11)7-5-3-4-6-8(7)10/h3-6,9H,1-2H3. The monoisotopic (exact) mass is 284 g/mol. The minimum atomic E-state index is -3.61. The Hall–Kier alpha value is -0.0900. The van der Waals surface area contributed by atoms with E-state index >= 15 is 0 Å². The Balaban J connectivity index is 2.84. The van der Waals surface area contributed by atoms with Crippen LogP contribution in [0.4, 0.5) is 0 Å². The third-order valence-electron chi connectivity index (χ3n) is 1.82. The van der Waals surface area contributed by atoms with E-state index in [2.05, 4.69) is 9.05 Å². The van der Waals surface area contributed by atoms with E-state index < -0.39 is 13.4 Å². The van der Waals surface area contributed by atoms with Crippen molar-refractivity contribution < 1.29 is 18.1 Å². The van der Waals surface area contributed by atoms with Crippen LogP contribution in [-0.2, 0) is 18.1 Å². The van der Waals surface area contributed by atoms with Crippen LogP contribution in [0.15, 0.2) is 24.3 Å². The molecule has 0 radical (unpaired) electrons. The third kappa shape index (κ3) is 3.45. The summed E-state index contributed by atoms with van der Waals surface area (Å²) in [7, 11) is -1.20. The molecular formula is C9H11Cl2O4P. The molecule has 0 N–H and O–H groups in total. The van der Waals surface area contributed by atoms with Gasteiger partial charge in [-0.2, -0.15) is 0 Å². The maximum absolute atomic E-state index is 11.7. The molecule has 0 saturated carbocycles. The largest absolute Gasteiger partial charge is 0.476 e. The molecule has 1 aromatic rings. The SMILES string of the molecule is COP(=O)(OC)OC(Cl)c1ccccc1Cl. The number of hydrogen-bond donors (Lipinski definition) is 0. The first-order valence-corrected chi connectivity index (χ1v) is 6.58. The predicted octanol–water partition coefficient (Wildman–Crippen LogP) is 3.99. The average molecular weight is 285 g/mol. The van der Waals surface area contributed by atoms with E-state index in [9.17, 15) is 4.57 Å². The van der Waals surface area contributed by atoms with E-state index in [0.29, 0.717) is 10.6 Å².